The van der Waals surface area contributed by atoms with Crippen LogP contribution in [0.25, 0.3) is 0 Å². The normalized spacial score (nSPS) is 17.9. The second-order valence-electron chi connectivity index (χ2n) is 5.30. The lowest BCUT2D eigenvalue weighted by Crippen LogP contribution is -2.39. The minimum absolute atomic E-state index is 0.571. The van der Waals surface area contributed by atoms with Crippen molar-refractivity contribution in [2.75, 3.05) is 30.7 Å². The number of nitrogens with two attached hydrogens (primary N) is 1. The van der Waals surface area contributed by atoms with Crippen molar-refractivity contribution in [2.24, 2.45) is 0 Å². The number of nitrogens with zero attached hydrogens (tertiary/aromatic N) is 1. The molecule has 100 valence electrons. The maximum atomic E-state index is 6.10. The second-order valence-corrected chi connectivity index (χ2v) is 5.30. The Morgan fingerprint density at radius 1 is 1.33 bits per heavy atom. The van der Waals surface area contributed by atoms with E-state index < -0.39 is 0 Å². The number of nitrogen functional groups attached to an aromatic ring is 1. The molecule has 0 saturated carbocycles. The Bertz CT molecular complexity index is 381. The van der Waals surface area contributed by atoms with Crippen LogP contribution in [0.5, 0.6) is 0 Å². The number of likely N-dealkylation sites (tertiary alicyclic amines) is 1. The standard InChI is InChI=1S/C15H25N3/c1-3-9-18-10-7-13(8-11-18)17-14-6-4-5-12(2)15(14)16/h4-6,13,17H,3,7-11,16H2,1-2H3. The summed E-state index contributed by atoms with van der Waals surface area (Å²) in [6, 6.07) is 6.79. The predicted molar refractivity (Wildman–Crippen MR) is 79.0 cm³/mol. The Kier molecular flexibility index (Phi) is 4.48. The molecule has 0 aromatic heterocycles. The maximum absolute atomic E-state index is 6.10. The fourth-order valence-corrected chi connectivity index (χ4v) is 2.64. The molecule has 1 saturated heterocycles. The van der Waals surface area contributed by atoms with Gasteiger partial charge in [0.2, 0.25) is 0 Å². The van der Waals surface area contributed by atoms with Gasteiger partial charge in [-0.1, -0.05) is 19.1 Å². The number of piperidine rings is 1. The van der Waals surface area contributed by atoms with E-state index in [0.717, 1.165) is 16.9 Å². The summed E-state index contributed by atoms with van der Waals surface area (Å²) < 4.78 is 0. The minimum Gasteiger partial charge on any atom is -0.397 e. The molecule has 0 bridgehead atoms. The van der Waals surface area contributed by atoms with Gasteiger partial charge >= 0.3 is 0 Å². The van der Waals surface area contributed by atoms with Gasteiger partial charge in [-0.3, -0.25) is 0 Å². The molecule has 0 amide bonds. The third-order valence-corrected chi connectivity index (χ3v) is 3.81. The van der Waals surface area contributed by atoms with Gasteiger partial charge in [0.05, 0.1) is 11.4 Å². The molecular formula is C15H25N3. The zero-order valence-corrected chi connectivity index (χ0v) is 11.6. The number of hydrogen-bond acceptors (Lipinski definition) is 3. The molecule has 0 spiro atoms. The molecule has 1 aliphatic rings. The van der Waals surface area contributed by atoms with Crippen molar-refractivity contribution in [1.29, 1.82) is 0 Å². The number of para-hydroxylation sites is 1. The second kappa shape index (κ2) is 6.10. The van der Waals surface area contributed by atoms with E-state index in [1.54, 1.807) is 0 Å². The Morgan fingerprint density at radius 2 is 2.06 bits per heavy atom. The number of hydrogen-bond donors (Lipinski definition) is 2. The summed E-state index contributed by atoms with van der Waals surface area (Å²) >= 11 is 0. The lowest BCUT2D eigenvalue weighted by Gasteiger charge is -2.33. The monoisotopic (exact) mass is 247 g/mol. The molecule has 1 heterocycles. The van der Waals surface area contributed by atoms with Crippen LogP contribution in [-0.2, 0) is 0 Å². The van der Waals surface area contributed by atoms with Crippen molar-refractivity contribution in [3.05, 3.63) is 23.8 Å². The van der Waals surface area contributed by atoms with E-state index in [4.69, 9.17) is 5.73 Å². The Balaban J connectivity index is 1.90. The SMILES string of the molecule is CCCN1CCC(Nc2cccc(C)c2N)CC1. The average Bonchev–Trinajstić information content (AvgIpc) is 2.38. The summed E-state index contributed by atoms with van der Waals surface area (Å²) in [4.78, 5) is 2.55. The van der Waals surface area contributed by atoms with E-state index >= 15 is 0 Å². The van der Waals surface area contributed by atoms with E-state index in [1.807, 2.05) is 0 Å². The first kappa shape index (κ1) is 13.2. The Labute approximate surface area is 110 Å². The third kappa shape index (κ3) is 3.16. The maximum Gasteiger partial charge on any atom is 0.0579 e. The van der Waals surface area contributed by atoms with Crippen LogP contribution >= 0.6 is 0 Å². The zero-order valence-electron chi connectivity index (χ0n) is 11.6. The first-order chi connectivity index (χ1) is 8.70. The predicted octanol–water partition coefficient (Wildman–Crippen LogP) is 2.86. The summed E-state index contributed by atoms with van der Waals surface area (Å²) in [5.41, 5.74) is 9.26. The summed E-state index contributed by atoms with van der Waals surface area (Å²) in [5, 5.41) is 3.60. The Morgan fingerprint density at radius 3 is 2.72 bits per heavy atom. The summed E-state index contributed by atoms with van der Waals surface area (Å²) in [5.74, 6) is 0. The van der Waals surface area contributed by atoms with Crippen molar-refractivity contribution in [3.8, 4) is 0 Å². The minimum atomic E-state index is 0.571. The summed E-state index contributed by atoms with van der Waals surface area (Å²) in [6.07, 6.45) is 3.68. The topological polar surface area (TPSA) is 41.3 Å². The van der Waals surface area contributed by atoms with Gasteiger partial charge in [-0.25, -0.2) is 0 Å². The molecular weight excluding hydrogens is 222 g/mol. The van der Waals surface area contributed by atoms with Crippen LogP contribution in [0.1, 0.15) is 31.7 Å². The molecule has 1 aromatic rings. The van der Waals surface area contributed by atoms with Crippen LogP contribution in [-0.4, -0.2) is 30.6 Å². The van der Waals surface area contributed by atoms with Gasteiger partial charge in [0.25, 0.3) is 0 Å². The van der Waals surface area contributed by atoms with Crippen LogP contribution in [0.4, 0.5) is 11.4 Å². The van der Waals surface area contributed by atoms with Crippen molar-refractivity contribution >= 4 is 11.4 Å². The first-order valence-corrected chi connectivity index (χ1v) is 7.04. The largest absolute Gasteiger partial charge is 0.397 e. The highest BCUT2D eigenvalue weighted by Gasteiger charge is 2.18. The van der Waals surface area contributed by atoms with Gasteiger partial charge in [-0.2, -0.15) is 0 Å². The molecule has 3 heteroatoms. The van der Waals surface area contributed by atoms with E-state index in [1.165, 1.54) is 38.9 Å². The number of benzene rings is 1. The molecule has 1 aliphatic heterocycles. The zero-order chi connectivity index (χ0) is 13.0. The van der Waals surface area contributed by atoms with Crippen LogP contribution < -0.4 is 11.1 Å². The number of rotatable bonds is 4. The Hall–Kier alpha value is -1.22. The highest BCUT2D eigenvalue weighted by Crippen LogP contribution is 2.24. The van der Waals surface area contributed by atoms with Crippen molar-refractivity contribution in [3.63, 3.8) is 0 Å². The number of anilines is 2. The smallest absolute Gasteiger partial charge is 0.0579 e. The average molecular weight is 247 g/mol. The first-order valence-electron chi connectivity index (χ1n) is 7.04. The lowest BCUT2D eigenvalue weighted by atomic mass is 10.0. The summed E-state index contributed by atoms with van der Waals surface area (Å²) in [6.45, 7) is 7.95. The highest BCUT2D eigenvalue weighted by molar-refractivity contribution is 5.69. The molecule has 3 N–H and O–H groups in total. The molecule has 0 radical (unpaired) electrons. The van der Waals surface area contributed by atoms with Gasteiger partial charge in [0.15, 0.2) is 0 Å². The molecule has 18 heavy (non-hydrogen) atoms. The molecule has 3 nitrogen and oxygen atoms in total. The van der Waals surface area contributed by atoms with Crippen molar-refractivity contribution in [2.45, 2.75) is 39.2 Å². The molecule has 0 aliphatic carbocycles. The lowest BCUT2D eigenvalue weighted by molar-refractivity contribution is 0.219. The van der Waals surface area contributed by atoms with Crippen LogP contribution in [0.15, 0.2) is 18.2 Å². The van der Waals surface area contributed by atoms with Crippen LogP contribution in [0.3, 0.4) is 0 Å². The fourth-order valence-electron chi connectivity index (χ4n) is 2.64. The van der Waals surface area contributed by atoms with Crippen LogP contribution in [0, 0.1) is 6.92 Å². The molecule has 2 rings (SSSR count). The van der Waals surface area contributed by atoms with E-state index in [2.05, 4.69) is 42.3 Å². The molecule has 1 aromatic carbocycles. The third-order valence-electron chi connectivity index (χ3n) is 3.81. The molecule has 0 unspecified atom stereocenters. The molecule has 1 fully saturated rings. The highest BCUT2D eigenvalue weighted by atomic mass is 15.1. The van der Waals surface area contributed by atoms with Gasteiger partial charge in [-0.15, -0.1) is 0 Å². The van der Waals surface area contributed by atoms with E-state index in [-0.39, 0.29) is 0 Å². The fraction of sp³-hybridized carbons (Fsp3) is 0.600. The van der Waals surface area contributed by atoms with Gasteiger partial charge in [0.1, 0.15) is 0 Å². The van der Waals surface area contributed by atoms with Gasteiger partial charge < -0.3 is 16.0 Å². The van der Waals surface area contributed by atoms with Crippen LogP contribution in [0.2, 0.25) is 0 Å². The van der Waals surface area contributed by atoms with Crippen molar-refractivity contribution < 1.29 is 0 Å². The number of nitrogens with one attached hydrogen (secondary N) is 1. The van der Waals surface area contributed by atoms with Gasteiger partial charge in [0, 0.05) is 19.1 Å². The number of aryl methyl sites for hydroxylation is 1. The van der Waals surface area contributed by atoms with Crippen molar-refractivity contribution in [1.82, 2.24) is 4.90 Å². The molecule has 0 atom stereocenters. The van der Waals surface area contributed by atoms with Gasteiger partial charge in [-0.05, 0) is 44.4 Å². The summed E-state index contributed by atoms with van der Waals surface area (Å²) in [7, 11) is 0. The van der Waals surface area contributed by atoms with E-state index in [9.17, 15) is 0 Å². The quantitative estimate of drug-likeness (QED) is 0.804. The van der Waals surface area contributed by atoms with E-state index in [0.29, 0.717) is 6.04 Å².